The van der Waals surface area contributed by atoms with Crippen LogP contribution in [0.3, 0.4) is 0 Å². The van der Waals surface area contributed by atoms with Gasteiger partial charge in [0.1, 0.15) is 0 Å². The van der Waals surface area contributed by atoms with Crippen LogP contribution in [0.25, 0.3) is 0 Å². The third kappa shape index (κ3) is 28.8. The third-order valence-electron chi connectivity index (χ3n) is 0. The van der Waals surface area contributed by atoms with E-state index in [0.29, 0.717) is 19.8 Å². The molecule has 0 spiro atoms. The molecule has 0 atom stereocenters. The summed E-state index contributed by atoms with van der Waals surface area (Å²) in [7, 11) is 0. The second-order valence-electron chi connectivity index (χ2n) is 0. The molecule has 1 nitrogen and oxygen atoms in total. The zero-order chi connectivity index (χ0) is 2.00. The van der Waals surface area contributed by atoms with E-state index in [1.54, 1.807) is 0 Å². The molecule has 0 N–H and O–H groups in total. The third-order valence-corrected chi connectivity index (χ3v) is 0. The van der Waals surface area contributed by atoms with E-state index < -0.39 is 0 Å². The van der Waals surface area contributed by atoms with Crippen LogP contribution in [-0.4, -0.2) is 41.9 Å². The summed E-state index contributed by atoms with van der Waals surface area (Å²) in [6.45, 7) is 0. The first-order valence-electron chi connectivity index (χ1n) is 0.167. The second kappa shape index (κ2) is 45.2. The molecule has 6 heavy (non-hydrogen) atoms. The molecule has 1 radical (unpaired) electrons. The molecule has 0 aliphatic carbocycles. The molecule has 0 saturated heterocycles. The Hall–Kier alpha value is 2.86. The number of rotatable bonds is 0. The second-order valence-corrected chi connectivity index (χ2v) is 0. The van der Waals surface area contributed by atoms with E-state index in [1.807, 2.05) is 0 Å². The van der Waals surface area contributed by atoms with Gasteiger partial charge in [0.25, 0.3) is 0 Å². The van der Waals surface area contributed by atoms with Crippen LogP contribution in [0.2, 0.25) is 0 Å². The summed E-state index contributed by atoms with van der Waals surface area (Å²) in [5.74, 6) is 0. The monoisotopic (exact) mass is 261 g/mol. The van der Waals surface area contributed by atoms with Gasteiger partial charge in [-0.1, -0.05) is 0 Å². The molecule has 0 aromatic rings. The zero-order valence-corrected chi connectivity index (χ0v) is 5.69. The van der Waals surface area contributed by atoms with Gasteiger partial charge in [0, 0.05) is 33.6 Å². The van der Waals surface area contributed by atoms with Crippen LogP contribution in [0.4, 0.5) is 0 Å². The van der Waals surface area contributed by atoms with Crippen molar-refractivity contribution in [2.45, 2.75) is 0 Å². The minimum absolute atomic E-state index is 0. The van der Waals surface area contributed by atoms with Gasteiger partial charge in [-0.3, -0.25) is 0 Å². The van der Waals surface area contributed by atoms with Gasteiger partial charge in [0.05, 0.1) is 0 Å². The molecule has 0 heterocycles. The Balaban J connectivity index is -0.000000000833. The first-order chi connectivity index (χ1) is 1.00. The van der Waals surface area contributed by atoms with Crippen molar-refractivity contribution in [3.63, 3.8) is 0 Å². The molecule has 0 bridgehead atoms. The SMILES string of the molecule is [LiH].[MgH2].[Mn].[Ni].[O]=[Mo]. The molecular formula is H3LiMgMnMoNiO. The van der Waals surface area contributed by atoms with Gasteiger partial charge < -0.3 is 0 Å². The van der Waals surface area contributed by atoms with E-state index in [4.69, 9.17) is 3.40 Å². The van der Waals surface area contributed by atoms with Crippen molar-refractivity contribution in [1.29, 1.82) is 0 Å². The first-order valence-corrected chi connectivity index (χ1v) is 0.986. The van der Waals surface area contributed by atoms with E-state index in [0.717, 1.165) is 0 Å². The quantitative estimate of drug-likeness (QED) is 0.475. The Kier molecular flexibility index (Phi) is 276. The van der Waals surface area contributed by atoms with Crippen LogP contribution >= 0.6 is 0 Å². The summed E-state index contributed by atoms with van der Waals surface area (Å²) < 4.78 is 8.26. The van der Waals surface area contributed by atoms with Crippen molar-refractivity contribution in [1.82, 2.24) is 0 Å². The Morgan fingerprint density at radius 1 is 1.17 bits per heavy atom. The predicted octanol–water partition coefficient (Wildman–Crippen LogP) is -1.69. The van der Waals surface area contributed by atoms with Gasteiger partial charge >= 0.3 is 65.1 Å². The van der Waals surface area contributed by atoms with Gasteiger partial charge in [-0.2, -0.15) is 0 Å². The molecule has 0 aromatic carbocycles. The minimum atomic E-state index is 0. The zero-order valence-electron chi connectivity index (χ0n) is 1.51. The van der Waals surface area contributed by atoms with Gasteiger partial charge in [0.2, 0.25) is 0 Å². The van der Waals surface area contributed by atoms with E-state index in [1.165, 1.54) is 0 Å². The molecule has 0 aliphatic heterocycles. The summed E-state index contributed by atoms with van der Waals surface area (Å²) in [6, 6.07) is 0. The molecule has 0 rings (SSSR count). The van der Waals surface area contributed by atoms with Gasteiger partial charge in [-0.05, 0) is 0 Å². The van der Waals surface area contributed by atoms with Gasteiger partial charge in [-0.25, -0.2) is 0 Å². The maximum atomic E-state index is 8.26. The summed E-state index contributed by atoms with van der Waals surface area (Å²) in [5, 5.41) is 0. The van der Waals surface area contributed by atoms with E-state index in [2.05, 4.69) is 0 Å². The topological polar surface area (TPSA) is 17.1 Å². The van der Waals surface area contributed by atoms with Crippen LogP contribution in [0.15, 0.2) is 0 Å². The Labute approximate surface area is 97.1 Å². The molecule has 35 valence electrons. The Bertz CT molecular complexity index is 15.5. The van der Waals surface area contributed by atoms with E-state index >= 15 is 0 Å². The van der Waals surface area contributed by atoms with Crippen LogP contribution in [0.5, 0.6) is 0 Å². The van der Waals surface area contributed by atoms with Crippen molar-refractivity contribution in [2.24, 2.45) is 0 Å². The van der Waals surface area contributed by atoms with Gasteiger partial charge in [0.15, 0.2) is 0 Å². The van der Waals surface area contributed by atoms with E-state index in [-0.39, 0.29) is 75.5 Å². The fourth-order valence-corrected chi connectivity index (χ4v) is 0. The summed E-state index contributed by atoms with van der Waals surface area (Å²) >= 11 is 0.700. The van der Waals surface area contributed by atoms with Gasteiger partial charge in [-0.15, -0.1) is 0 Å². The maximum absolute atomic E-state index is 8.26. The molecule has 0 amide bonds. The first kappa shape index (κ1) is 36.7. The van der Waals surface area contributed by atoms with Crippen LogP contribution < -0.4 is 0 Å². The van der Waals surface area contributed by atoms with Crippen LogP contribution in [-0.2, 0) is 56.7 Å². The van der Waals surface area contributed by atoms with Crippen LogP contribution in [0, 0.1) is 0 Å². The Morgan fingerprint density at radius 2 is 1.17 bits per heavy atom. The number of hydrogen-bond acceptors (Lipinski definition) is 1. The average Bonchev–Trinajstić information content (AvgIpc) is 1.00. The van der Waals surface area contributed by atoms with Crippen molar-refractivity contribution < 1.29 is 56.7 Å². The normalized spacial score (nSPS) is 0.667. The molecule has 0 aliphatic rings. The molecule has 0 fully saturated rings. The summed E-state index contributed by atoms with van der Waals surface area (Å²) in [5.41, 5.74) is 0. The van der Waals surface area contributed by atoms with Crippen molar-refractivity contribution in [3.05, 3.63) is 0 Å². The van der Waals surface area contributed by atoms with Crippen LogP contribution in [0.1, 0.15) is 0 Å². The molecular weight excluding hydrogens is 257 g/mol. The Morgan fingerprint density at radius 3 is 1.17 bits per heavy atom. The van der Waals surface area contributed by atoms with E-state index in [9.17, 15) is 0 Å². The molecule has 0 unspecified atom stereocenters. The number of hydrogen-bond donors (Lipinski definition) is 0. The fourth-order valence-electron chi connectivity index (χ4n) is 0. The fraction of sp³-hybridized carbons (Fsp3) is 0. The predicted molar refractivity (Wildman–Crippen MR) is 16.4 cm³/mol. The summed E-state index contributed by atoms with van der Waals surface area (Å²) in [6.07, 6.45) is 0. The average molecular weight is 260 g/mol. The summed E-state index contributed by atoms with van der Waals surface area (Å²) in [4.78, 5) is 0. The molecule has 0 saturated carbocycles. The standard InChI is InChI=1S/Li.Mg.Mn.Mo.Ni.O.3H. The van der Waals surface area contributed by atoms with Crippen molar-refractivity contribution in [2.75, 3.05) is 0 Å². The van der Waals surface area contributed by atoms with Crippen molar-refractivity contribution >= 4 is 41.9 Å². The molecule has 0 aromatic heterocycles. The van der Waals surface area contributed by atoms with Crippen molar-refractivity contribution in [3.8, 4) is 0 Å². The molecule has 6 heteroatoms.